The quantitative estimate of drug-likeness (QED) is 0.629. The second-order valence-electron chi connectivity index (χ2n) is 2.66. The van der Waals surface area contributed by atoms with Crippen LogP contribution in [0.25, 0.3) is 0 Å². The van der Waals surface area contributed by atoms with E-state index < -0.39 is 11.6 Å². The number of hydrogen-bond acceptors (Lipinski definition) is 0. The number of allylic oxidation sites excluding steroid dienone is 1. The third-order valence-electron chi connectivity index (χ3n) is 1.72. The Bertz CT molecular complexity index is 303. The van der Waals surface area contributed by atoms with Crippen molar-refractivity contribution >= 4 is 0 Å². The van der Waals surface area contributed by atoms with Crippen molar-refractivity contribution in [2.24, 2.45) is 0 Å². The van der Waals surface area contributed by atoms with Gasteiger partial charge in [0.15, 0.2) is 11.6 Å². The third-order valence-corrected chi connectivity index (χ3v) is 1.72. The first-order chi connectivity index (χ1) is 6.66. The van der Waals surface area contributed by atoms with E-state index in [0.717, 1.165) is 0 Å². The summed E-state index contributed by atoms with van der Waals surface area (Å²) in [6, 6.07) is 3.15. The average Bonchev–Trinajstić information content (AvgIpc) is 2.22. The van der Waals surface area contributed by atoms with Gasteiger partial charge in [0.2, 0.25) is 0 Å². The number of aryl methyl sites for hydroxylation is 1. The molecule has 2 heteroatoms. The normalized spacial score (nSPS) is 8.93. The highest BCUT2D eigenvalue weighted by molar-refractivity contribution is 5.26. The molecule has 0 aliphatic rings. The topological polar surface area (TPSA) is 0 Å². The van der Waals surface area contributed by atoms with Gasteiger partial charge in [0.05, 0.1) is 0 Å². The third kappa shape index (κ3) is 2.95. The molecule has 0 aromatic heterocycles. The van der Waals surface area contributed by atoms with Crippen molar-refractivity contribution in [3.05, 3.63) is 47.5 Å². The Labute approximate surface area is 84.3 Å². The van der Waals surface area contributed by atoms with E-state index in [4.69, 9.17) is 0 Å². The molecule has 0 spiro atoms. The minimum atomic E-state index is -0.755. The molecule has 0 saturated carbocycles. The van der Waals surface area contributed by atoms with Crippen molar-refractivity contribution in [2.45, 2.75) is 27.2 Å². The monoisotopic (exact) mass is 198 g/mol. The predicted molar refractivity (Wildman–Crippen MR) is 56.3 cm³/mol. The highest BCUT2D eigenvalue weighted by atomic mass is 19.2. The van der Waals surface area contributed by atoms with Crippen molar-refractivity contribution in [3.63, 3.8) is 0 Å². The number of halogens is 2. The lowest BCUT2D eigenvalue weighted by molar-refractivity contribution is 0.496. The van der Waals surface area contributed by atoms with Crippen molar-refractivity contribution in [1.82, 2.24) is 0 Å². The van der Waals surface area contributed by atoms with Crippen LogP contribution in [0.2, 0.25) is 0 Å². The Morgan fingerprint density at radius 1 is 1.21 bits per heavy atom. The van der Waals surface area contributed by atoms with Crippen LogP contribution >= 0.6 is 0 Å². The number of benzene rings is 1. The maximum absolute atomic E-state index is 13.0. The molecule has 0 N–H and O–H groups in total. The van der Waals surface area contributed by atoms with Crippen LogP contribution in [0.5, 0.6) is 0 Å². The summed E-state index contributed by atoms with van der Waals surface area (Å²) in [5, 5.41) is 0. The Morgan fingerprint density at radius 3 is 2.29 bits per heavy atom. The van der Waals surface area contributed by atoms with Crippen molar-refractivity contribution in [3.8, 4) is 0 Å². The summed E-state index contributed by atoms with van der Waals surface area (Å²) in [6.45, 7) is 9.00. The zero-order chi connectivity index (χ0) is 11.1. The average molecular weight is 198 g/mol. The lowest BCUT2D eigenvalue weighted by Gasteiger charge is -2.02. The lowest BCUT2D eigenvalue weighted by Crippen LogP contribution is -1.95. The van der Waals surface area contributed by atoms with Crippen LogP contribution in [0.15, 0.2) is 24.8 Å². The smallest absolute Gasteiger partial charge is 0.162 e. The minimum absolute atomic E-state index is 0.334. The van der Waals surface area contributed by atoms with E-state index in [9.17, 15) is 8.78 Å². The molecule has 0 nitrogen and oxygen atoms in total. The van der Waals surface area contributed by atoms with Gasteiger partial charge in [0.25, 0.3) is 0 Å². The van der Waals surface area contributed by atoms with Crippen LogP contribution in [-0.2, 0) is 6.42 Å². The molecule has 0 aliphatic heterocycles. The van der Waals surface area contributed by atoms with E-state index in [2.05, 4.69) is 6.58 Å². The first-order valence-electron chi connectivity index (χ1n) is 4.71. The molecule has 0 radical (unpaired) electrons. The highest BCUT2D eigenvalue weighted by Crippen LogP contribution is 2.15. The van der Waals surface area contributed by atoms with Gasteiger partial charge >= 0.3 is 0 Å². The Kier molecular flexibility index (Phi) is 5.77. The van der Waals surface area contributed by atoms with E-state index in [-0.39, 0.29) is 0 Å². The zero-order valence-electron chi connectivity index (χ0n) is 8.90. The molecule has 0 atom stereocenters. The molecule has 0 bridgehead atoms. The largest absolute Gasteiger partial charge is 0.203 e. The number of hydrogen-bond donors (Lipinski definition) is 0. The van der Waals surface area contributed by atoms with Gasteiger partial charge in [-0.3, -0.25) is 0 Å². The second-order valence-corrected chi connectivity index (χ2v) is 2.66. The molecule has 1 rings (SSSR count). The first kappa shape index (κ1) is 12.8. The molecule has 0 saturated heterocycles. The molecule has 1 aromatic carbocycles. The van der Waals surface area contributed by atoms with Gasteiger partial charge in [-0.2, -0.15) is 0 Å². The number of rotatable bonds is 2. The van der Waals surface area contributed by atoms with Crippen LogP contribution < -0.4 is 0 Å². The fourth-order valence-electron chi connectivity index (χ4n) is 0.999. The van der Waals surface area contributed by atoms with Crippen molar-refractivity contribution in [2.75, 3.05) is 0 Å². The zero-order valence-corrected chi connectivity index (χ0v) is 8.90. The summed E-state index contributed by atoms with van der Waals surface area (Å²) in [5.74, 6) is -1.51. The summed E-state index contributed by atoms with van der Waals surface area (Å²) in [6.07, 6.45) is 1.91. The standard InChI is InChI=1S/C10H10F2.C2H6/c1-3-4-8-6-5-7(2)9(11)10(8)12;1-2/h3,5-6H,1,4H2,2H3;1-2H3. The maximum atomic E-state index is 13.0. The van der Waals surface area contributed by atoms with Gasteiger partial charge in [0, 0.05) is 0 Å². The lowest BCUT2D eigenvalue weighted by atomic mass is 10.1. The van der Waals surface area contributed by atoms with Gasteiger partial charge in [-0.1, -0.05) is 32.1 Å². The van der Waals surface area contributed by atoms with Gasteiger partial charge in [-0.05, 0) is 24.5 Å². The van der Waals surface area contributed by atoms with Crippen molar-refractivity contribution < 1.29 is 8.78 Å². The van der Waals surface area contributed by atoms with E-state index in [1.807, 2.05) is 13.8 Å². The summed E-state index contributed by atoms with van der Waals surface area (Å²) < 4.78 is 25.9. The van der Waals surface area contributed by atoms with Crippen LogP contribution in [0.1, 0.15) is 25.0 Å². The highest BCUT2D eigenvalue weighted by Gasteiger charge is 2.08. The summed E-state index contributed by atoms with van der Waals surface area (Å²) in [5.41, 5.74) is 0.688. The summed E-state index contributed by atoms with van der Waals surface area (Å²) in [4.78, 5) is 0. The molecular formula is C12H16F2. The molecular weight excluding hydrogens is 182 g/mol. The van der Waals surface area contributed by atoms with Gasteiger partial charge in [0.1, 0.15) is 0 Å². The molecule has 0 aliphatic carbocycles. The van der Waals surface area contributed by atoms with Gasteiger partial charge in [-0.25, -0.2) is 8.78 Å². The molecule has 0 unspecified atom stereocenters. The summed E-state index contributed by atoms with van der Waals surface area (Å²) >= 11 is 0. The Balaban J connectivity index is 0.000000791. The van der Waals surface area contributed by atoms with Crippen LogP contribution in [0, 0.1) is 18.6 Å². The van der Waals surface area contributed by atoms with Crippen LogP contribution in [0.4, 0.5) is 8.78 Å². The molecule has 14 heavy (non-hydrogen) atoms. The second kappa shape index (κ2) is 6.30. The van der Waals surface area contributed by atoms with Crippen LogP contribution in [0.3, 0.4) is 0 Å². The Morgan fingerprint density at radius 2 is 1.79 bits per heavy atom. The van der Waals surface area contributed by atoms with Gasteiger partial charge < -0.3 is 0 Å². The molecule has 0 amide bonds. The van der Waals surface area contributed by atoms with Gasteiger partial charge in [-0.15, -0.1) is 6.58 Å². The fraction of sp³-hybridized carbons (Fsp3) is 0.333. The van der Waals surface area contributed by atoms with E-state index in [0.29, 0.717) is 17.5 Å². The SMILES string of the molecule is C=CCc1ccc(C)c(F)c1F.CC. The van der Waals surface area contributed by atoms with E-state index in [1.54, 1.807) is 18.2 Å². The Hall–Kier alpha value is -1.18. The van der Waals surface area contributed by atoms with Crippen molar-refractivity contribution in [1.29, 1.82) is 0 Å². The molecule has 0 fully saturated rings. The minimum Gasteiger partial charge on any atom is -0.203 e. The molecule has 78 valence electrons. The first-order valence-corrected chi connectivity index (χ1v) is 4.71. The fourth-order valence-corrected chi connectivity index (χ4v) is 0.999. The molecule has 0 heterocycles. The predicted octanol–water partition coefficient (Wildman–Crippen LogP) is 4.03. The van der Waals surface area contributed by atoms with E-state index >= 15 is 0 Å². The maximum Gasteiger partial charge on any atom is 0.162 e. The van der Waals surface area contributed by atoms with E-state index in [1.165, 1.54) is 6.92 Å². The van der Waals surface area contributed by atoms with Crippen LogP contribution in [-0.4, -0.2) is 0 Å². The molecule has 1 aromatic rings. The summed E-state index contributed by atoms with van der Waals surface area (Å²) in [7, 11) is 0.